The number of halogens is 3. The van der Waals surface area contributed by atoms with Crippen LogP contribution in [0.3, 0.4) is 0 Å². The van der Waals surface area contributed by atoms with Crippen molar-refractivity contribution < 1.29 is 37.0 Å². The van der Waals surface area contributed by atoms with Gasteiger partial charge < -0.3 is 14.8 Å². The molecule has 0 saturated heterocycles. The molecule has 0 spiro atoms. The van der Waals surface area contributed by atoms with E-state index in [9.17, 15) is 27.6 Å². The number of carbonyl (C=O) groups is 3. The van der Waals surface area contributed by atoms with Crippen molar-refractivity contribution in [3.05, 3.63) is 23.5 Å². The van der Waals surface area contributed by atoms with Gasteiger partial charge in [0.25, 0.3) is 0 Å². The van der Waals surface area contributed by atoms with Crippen LogP contribution in [0.25, 0.3) is 0 Å². The number of rotatable bonds is 5. The van der Waals surface area contributed by atoms with Crippen LogP contribution in [-0.4, -0.2) is 42.2 Å². The van der Waals surface area contributed by atoms with Gasteiger partial charge in [0.15, 0.2) is 5.69 Å². The Morgan fingerprint density at radius 1 is 1.13 bits per heavy atom. The molecule has 0 radical (unpaired) electrons. The zero-order valence-electron chi connectivity index (χ0n) is 12.2. The smallest absolute Gasteiger partial charge is 0.462 e. The van der Waals surface area contributed by atoms with Crippen molar-refractivity contribution in [2.24, 2.45) is 0 Å². The van der Waals surface area contributed by atoms with Crippen LogP contribution in [0.2, 0.25) is 0 Å². The third kappa shape index (κ3) is 4.94. The minimum absolute atomic E-state index is 0.00927. The van der Waals surface area contributed by atoms with E-state index in [0.29, 0.717) is 0 Å². The summed E-state index contributed by atoms with van der Waals surface area (Å²) in [6.07, 6.45) is -4.30. The number of hydrogen-bond acceptors (Lipinski definition) is 6. The van der Waals surface area contributed by atoms with Crippen molar-refractivity contribution >= 4 is 23.5 Å². The predicted octanol–water partition coefficient (Wildman–Crippen LogP) is 1.94. The van der Waals surface area contributed by atoms with Crippen molar-refractivity contribution in [1.82, 2.24) is 4.98 Å². The quantitative estimate of drug-likeness (QED) is 0.827. The first-order valence-corrected chi connectivity index (χ1v) is 6.43. The van der Waals surface area contributed by atoms with E-state index in [4.69, 9.17) is 9.47 Å². The fraction of sp³-hybridized carbons (Fsp3) is 0.385. The number of nitrogens with one attached hydrogen (secondary N) is 1. The predicted molar refractivity (Wildman–Crippen MR) is 70.8 cm³/mol. The Bertz CT molecular complexity index is 616. The lowest BCUT2D eigenvalue weighted by Crippen LogP contribution is -2.30. The Hall–Kier alpha value is -2.65. The molecule has 0 aromatic carbocycles. The van der Waals surface area contributed by atoms with Crippen LogP contribution in [0.4, 0.5) is 18.9 Å². The van der Waals surface area contributed by atoms with Gasteiger partial charge in [-0.05, 0) is 19.9 Å². The zero-order valence-corrected chi connectivity index (χ0v) is 12.2. The molecule has 1 heterocycles. The fourth-order valence-corrected chi connectivity index (χ4v) is 1.46. The van der Waals surface area contributed by atoms with Crippen LogP contribution in [0.15, 0.2) is 12.3 Å². The number of esters is 2. The van der Waals surface area contributed by atoms with E-state index in [1.54, 1.807) is 0 Å². The second kappa shape index (κ2) is 7.56. The normalized spacial score (nSPS) is 10.8. The van der Waals surface area contributed by atoms with Crippen LogP contribution in [-0.2, 0) is 14.3 Å². The first-order valence-electron chi connectivity index (χ1n) is 6.43. The number of amides is 1. The van der Waals surface area contributed by atoms with Crippen molar-refractivity contribution in [1.29, 1.82) is 0 Å². The molecule has 0 saturated carbocycles. The first kappa shape index (κ1) is 18.4. The molecule has 1 N–H and O–H groups in total. The molecule has 0 bridgehead atoms. The number of hydrogen-bond donors (Lipinski definition) is 1. The largest absolute Gasteiger partial charge is 0.471 e. The highest BCUT2D eigenvalue weighted by Crippen LogP contribution is 2.20. The summed E-state index contributed by atoms with van der Waals surface area (Å²) in [6, 6.07) is 0.862. The SMILES string of the molecule is CCOC(=O)c1cc(NC(=O)C(F)(F)F)cnc1C(=O)OCC. The maximum absolute atomic E-state index is 12.2. The lowest BCUT2D eigenvalue weighted by atomic mass is 10.1. The van der Waals surface area contributed by atoms with Gasteiger partial charge in [0, 0.05) is 0 Å². The summed E-state index contributed by atoms with van der Waals surface area (Å²) in [5, 5.41) is 1.53. The average Bonchev–Trinajstić information content (AvgIpc) is 2.46. The van der Waals surface area contributed by atoms with E-state index in [0.717, 1.165) is 12.3 Å². The van der Waals surface area contributed by atoms with Crippen LogP contribution in [0, 0.1) is 0 Å². The van der Waals surface area contributed by atoms with Crippen LogP contribution in [0.5, 0.6) is 0 Å². The molecule has 0 aliphatic rings. The number of alkyl halides is 3. The average molecular weight is 334 g/mol. The molecule has 0 aliphatic heterocycles. The van der Waals surface area contributed by atoms with Gasteiger partial charge in [-0.25, -0.2) is 14.6 Å². The number of anilines is 1. The van der Waals surface area contributed by atoms with Gasteiger partial charge in [-0.1, -0.05) is 0 Å². The van der Waals surface area contributed by atoms with E-state index >= 15 is 0 Å². The molecule has 1 aromatic heterocycles. The van der Waals surface area contributed by atoms with Gasteiger partial charge in [-0.2, -0.15) is 13.2 Å². The number of nitrogens with zero attached hydrogens (tertiary/aromatic N) is 1. The molecule has 0 aliphatic carbocycles. The second-order valence-corrected chi connectivity index (χ2v) is 4.01. The molecule has 126 valence electrons. The van der Waals surface area contributed by atoms with Crippen LogP contribution in [0.1, 0.15) is 34.7 Å². The highest BCUT2D eigenvalue weighted by Gasteiger charge is 2.39. The van der Waals surface area contributed by atoms with E-state index in [1.807, 2.05) is 0 Å². The van der Waals surface area contributed by atoms with Crippen LogP contribution < -0.4 is 5.32 Å². The number of ether oxygens (including phenoxy) is 2. The molecule has 1 amide bonds. The van der Waals surface area contributed by atoms with Gasteiger partial charge >= 0.3 is 24.0 Å². The Morgan fingerprint density at radius 3 is 2.22 bits per heavy atom. The molecular weight excluding hydrogens is 321 g/mol. The minimum Gasteiger partial charge on any atom is -0.462 e. The maximum Gasteiger partial charge on any atom is 0.471 e. The van der Waals surface area contributed by atoms with Gasteiger partial charge in [0.1, 0.15) is 0 Å². The molecule has 10 heteroatoms. The number of carbonyl (C=O) groups excluding carboxylic acids is 3. The van der Waals surface area contributed by atoms with Crippen molar-refractivity contribution in [2.45, 2.75) is 20.0 Å². The summed E-state index contributed by atoms with van der Waals surface area (Å²) in [4.78, 5) is 38.0. The van der Waals surface area contributed by atoms with E-state index in [2.05, 4.69) is 4.98 Å². The molecule has 0 atom stereocenters. The van der Waals surface area contributed by atoms with E-state index < -0.39 is 41.0 Å². The Kier molecular flexibility index (Phi) is 6.05. The summed E-state index contributed by atoms with van der Waals surface area (Å²) in [7, 11) is 0. The highest BCUT2D eigenvalue weighted by atomic mass is 19.4. The first-order chi connectivity index (χ1) is 10.7. The molecular formula is C13H13F3N2O5. The van der Waals surface area contributed by atoms with E-state index in [1.165, 1.54) is 19.2 Å². The lowest BCUT2D eigenvalue weighted by molar-refractivity contribution is -0.167. The Balaban J connectivity index is 3.19. The van der Waals surface area contributed by atoms with Crippen molar-refractivity contribution in [3.63, 3.8) is 0 Å². The topological polar surface area (TPSA) is 94.6 Å². The summed E-state index contributed by atoms with van der Waals surface area (Å²) in [5.41, 5.74) is -1.25. The zero-order chi connectivity index (χ0) is 17.6. The molecule has 1 aromatic rings. The molecule has 7 nitrogen and oxygen atoms in total. The summed E-state index contributed by atoms with van der Waals surface area (Å²) in [5.74, 6) is -4.16. The van der Waals surface area contributed by atoms with Crippen molar-refractivity contribution in [3.8, 4) is 0 Å². The fourth-order valence-electron chi connectivity index (χ4n) is 1.46. The van der Waals surface area contributed by atoms with Gasteiger partial charge in [-0.3, -0.25) is 4.79 Å². The Labute approximate surface area is 128 Å². The minimum atomic E-state index is -5.11. The van der Waals surface area contributed by atoms with Crippen molar-refractivity contribution in [2.75, 3.05) is 18.5 Å². The third-order valence-electron chi connectivity index (χ3n) is 2.37. The second-order valence-electron chi connectivity index (χ2n) is 4.01. The maximum atomic E-state index is 12.2. The molecule has 0 fully saturated rings. The van der Waals surface area contributed by atoms with Gasteiger partial charge in [-0.15, -0.1) is 0 Å². The number of aromatic nitrogens is 1. The lowest BCUT2D eigenvalue weighted by Gasteiger charge is -2.11. The molecule has 23 heavy (non-hydrogen) atoms. The van der Waals surface area contributed by atoms with E-state index in [-0.39, 0.29) is 13.2 Å². The van der Waals surface area contributed by atoms with Gasteiger partial charge in [0.2, 0.25) is 0 Å². The molecule has 1 rings (SSSR count). The third-order valence-corrected chi connectivity index (χ3v) is 2.37. The highest BCUT2D eigenvalue weighted by molar-refractivity contribution is 6.03. The Morgan fingerprint density at radius 2 is 1.70 bits per heavy atom. The summed E-state index contributed by atoms with van der Waals surface area (Å²) >= 11 is 0. The van der Waals surface area contributed by atoms with Gasteiger partial charge in [0.05, 0.1) is 30.7 Å². The number of pyridine rings is 1. The monoisotopic (exact) mass is 334 g/mol. The van der Waals surface area contributed by atoms with Crippen LogP contribution >= 0.6 is 0 Å². The molecule has 0 unspecified atom stereocenters. The summed E-state index contributed by atoms with van der Waals surface area (Å²) < 4.78 is 46.1. The summed E-state index contributed by atoms with van der Waals surface area (Å²) in [6.45, 7) is 3.01. The standard InChI is InChI=1S/C13H13F3N2O5/c1-3-22-10(19)8-5-7(18-12(21)13(14,15)16)6-17-9(8)11(20)23-4-2/h5-6H,3-4H2,1-2H3,(H,18,21).